The molecule has 0 aliphatic heterocycles. The van der Waals surface area contributed by atoms with Crippen molar-refractivity contribution in [2.24, 2.45) is 0 Å². The first-order valence-corrected chi connectivity index (χ1v) is 7.58. The van der Waals surface area contributed by atoms with Gasteiger partial charge in [0.1, 0.15) is 0 Å². The SMILES string of the molecule is C[Si](C)(C)OC(=N)c1cccnc1. The Bertz CT molecular complexity index is 292. The molecule has 0 saturated carbocycles. The van der Waals surface area contributed by atoms with Crippen molar-refractivity contribution in [3.05, 3.63) is 30.1 Å². The molecule has 0 radical (unpaired) electrons. The molecule has 0 bridgehead atoms. The Morgan fingerprint density at radius 2 is 2.15 bits per heavy atom. The lowest BCUT2D eigenvalue weighted by atomic mass is 10.3. The predicted molar refractivity (Wildman–Crippen MR) is 55.5 cm³/mol. The average molecular weight is 194 g/mol. The number of aromatic nitrogens is 1. The maximum atomic E-state index is 7.66. The van der Waals surface area contributed by atoms with Crippen LogP contribution in [0.15, 0.2) is 24.5 Å². The van der Waals surface area contributed by atoms with Gasteiger partial charge in [0, 0.05) is 12.4 Å². The maximum Gasteiger partial charge on any atom is 0.244 e. The molecular weight excluding hydrogens is 180 g/mol. The summed E-state index contributed by atoms with van der Waals surface area (Å²) < 4.78 is 5.51. The molecule has 0 saturated heterocycles. The van der Waals surface area contributed by atoms with E-state index in [0.717, 1.165) is 5.56 Å². The van der Waals surface area contributed by atoms with Crippen LogP contribution in [0.1, 0.15) is 5.56 Å². The molecule has 13 heavy (non-hydrogen) atoms. The first-order chi connectivity index (χ1) is 5.99. The topological polar surface area (TPSA) is 46.0 Å². The van der Waals surface area contributed by atoms with E-state index in [4.69, 9.17) is 9.84 Å². The van der Waals surface area contributed by atoms with Crippen molar-refractivity contribution in [1.82, 2.24) is 4.98 Å². The average Bonchev–Trinajstić information content (AvgIpc) is 2.03. The number of nitrogens with one attached hydrogen (secondary N) is 1. The molecule has 0 aliphatic rings. The van der Waals surface area contributed by atoms with E-state index in [0.29, 0.717) is 0 Å². The zero-order chi connectivity index (χ0) is 9.90. The van der Waals surface area contributed by atoms with Crippen molar-refractivity contribution >= 4 is 14.2 Å². The third-order valence-corrected chi connectivity index (χ3v) is 2.15. The van der Waals surface area contributed by atoms with E-state index >= 15 is 0 Å². The minimum atomic E-state index is -1.66. The van der Waals surface area contributed by atoms with Crippen LogP contribution < -0.4 is 0 Å². The van der Waals surface area contributed by atoms with Crippen molar-refractivity contribution in [2.45, 2.75) is 19.6 Å². The summed E-state index contributed by atoms with van der Waals surface area (Å²) >= 11 is 0. The molecule has 3 nitrogen and oxygen atoms in total. The summed E-state index contributed by atoms with van der Waals surface area (Å²) in [6.07, 6.45) is 3.33. The molecule has 0 aromatic carbocycles. The van der Waals surface area contributed by atoms with Crippen LogP contribution in [0.5, 0.6) is 0 Å². The van der Waals surface area contributed by atoms with Gasteiger partial charge < -0.3 is 4.43 Å². The normalized spacial score (nSPS) is 11.0. The Labute approximate surface area is 79.4 Å². The molecule has 1 heterocycles. The van der Waals surface area contributed by atoms with E-state index in [9.17, 15) is 0 Å². The summed E-state index contributed by atoms with van der Waals surface area (Å²) in [5.41, 5.74) is 0.741. The van der Waals surface area contributed by atoms with E-state index in [1.54, 1.807) is 18.5 Å². The maximum absolute atomic E-state index is 7.66. The summed E-state index contributed by atoms with van der Waals surface area (Å²) in [6, 6.07) is 3.63. The first-order valence-electron chi connectivity index (χ1n) is 4.17. The van der Waals surface area contributed by atoms with Crippen LogP contribution in [0.4, 0.5) is 0 Å². The molecule has 1 N–H and O–H groups in total. The summed E-state index contributed by atoms with van der Waals surface area (Å²) in [7, 11) is -1.66. The minimum Gasteiger partial charge on any atom is -0.531 e. The van der Waals surface area contributed by atoms with Gasteiger partial charge in [-0.1, -0.05) is 0 Å². The molecule has 1 aromatic heterocycles. The van der Waals surface area contributed by atoms with Gasteiger partial charge in [0.25, 0.3) is 0 Å². The molecular formula is C9H14N2OSi. The lowest BCUT2D eigenvalue weighted by Crippen LogP contribution is -2.29. The fourth-order valence-electron chi connectivity index (χ4n) is 0.862. The number of nitrogens with zero attached hydrogens (tertiary/aromatic N) is 1. The van der Waals surface area contributed by atoms with Crippen molar-refractivity contribution in [2.75, 3.05) is 0 Å². The molecule has 70 valence electrons. The summed E-state index contributed by atoms with van der Waals surface area (Å²) in [5.74, 6) is 0.229. The van der Waals surface area contributed by atoms with Crippen LogP contribution in [0.25, 0.3) is 0 Å². The highest BCUT2D eigenvalue weighted by Crippen LogP contribution is 2.07. The molecule has 4 heteroatoms. The van der Waals surface area contributed by atoms with Crippen LogP contribution in [-0.4, -0.2) is 19.2 Å². The van der Waals surface area contributed by atoms with Gasteiger partial charge in [0.05, 0.1) is 5.56 Å². The summed E-state index contributed by atoms with van der Waals surface area (Å²) in [5, 5.41) is 7.66. The molecule has 1 aromatic rings. The number of hydrogen-bond donors (Lipinski definition) is 1. The van der Waals surface area contributed by atoms with Gasteiger partial charge in [0.2, 0.25) is 14.2 Å². The Balaban J connectivity index is 2.71. The summed E-state index contributed by atoms with van der Waals surface area (Å²) in [6.45, 7) is 6.16. The fraction of sp³-hybridized carbons (Fsp3) is 0.333. The lowest BCUT2D eigenvalue weighted by Gasteiger charge is -2.19. The predicted octanol–water partition coefficient (Wildman–Crippen LogP) is 2.26. The van der Waals surface area contributed by atoms with Gasteiger partial charge >= 0.3 is 0 Å². The van der Waals surface area contributed by atoms with E-state index in [2.05, 4.69) is 24.6 Å². The highest BCUT2D eigenvalue weighted by molar-refractivity contribution is 6.71. The van der Waals surface area contributed by atoms with Gasteiger partial charge in [0.15, 0.2) is 0 Å². The smallest absolute Gasteiger partial charge is 0.244 e. The van der Waals surface area contributed by atoms with Crippen molar-refractivity contribution < 1.29 is 4.43 Å². The minimum absolute atomic E-state index is 0.229. The van der Waals surface area contributed by atoms with Crippen molar-refractivity contribution in [3.8, 4) is 0 Å². The molecule has 0 atom stereocenters. The third kappa shape index (κ3) is 3.37. The monoisotopic (exact) mass is 194 g/mol. The standard InChI is InChI=1S/C9H14N2OSi/c1-13(2,3)12-9(10)8-5-4-6-11-7-8/h4-7,10H,1-3H3. The molecule has 0 fully saturated rings. The van der Waals surface area contributed by atoms with Crippen LogP contribution >= 0.6 is 0 Å². The first kappa shape index (κ1) is 9.92. The van der Waals surface area contributed by atoms with Gasteiger partial charge in [-0.2, -0.15) is 0 Å². The number of pyridine rings is 1. The van der Waals surface area contributed by atoms with Crippen LogP contribution in [0, 0.1) is 5.41 Å². The zero-order valence-electron chi connectivity index (χ0n) is 8.16. The molecule has 0 spiro atoms. The zero-order valence-corrected chi connectivity index (χ0v) is 9.16. The Hall–Kier alpha value is -1.16. The molecule has 1 rings (SSSR count). The Kier molecular flexibility index (Phi) is 2.82. The van der Waals surface area contributed by atoms with E-state index in [-0.39, 0.29) is 5.90 Å². The number of hydrogen-bond acceptors (Lipinski definition) is 3. The lowest BCUT2D eigenvalue weighted by molar-refractivity contribution is 0.548. The second-order valence-electron chi connectivity index (χ2n) is 3.79. The third-order valence-electron chi connectivity index (χ3n) is 1.33. The van der Waals surface area contributed by atoms with Crippen LogP contribution in [0.2, 0.25) is 19.6 Å². The van der Waals surface area contributed by atoms with Crippen molar-refractivity contribution in [3.63, 3.8) is 0 Å². The number of rotatable bonds is 2. The summed E-state index contributed by atoms with van der Waals surface area (Å²) in [4.78, 5) is 3.93. The van der Waals surface area contributed by atoms with Gasteiger partial charge in [-0.25, -0.2) is 0 Å². The van der Waals surface area contributed by atoms with E-state index in [1.165, 1.54) is 0 Å². The van der Waals surface area contributed by atoms with Crippen LogP contribution in [0.3, 0.4) is 0 Å². The second kappa shape index (κ2) is 3.70. The quantitative estimate of drug-likeness (QED) is 0.446. The van der Waals surface area contributed by atoms with Gasteiger partial charge in [-0.3, -0.25) is 10.4 Å². The largest absolute Gasteiger partial charge is 0.531 e. The second-order valence-corrected chi connectivity index (χ2v) is 8.21. The van der Waals surface area contributed by atoms with Gasteiger partial charge in [-0.15, -0.1) is 0 Å². The molecule has 0 amide bonds. The molecule has 0 aliphatic carbocycles. The highest BCUT2D eigenvalue weighted by atomic mass is 28.4. The van der Waals surface area contributed by atoms with E-state index < -0.39 is 8.32 Å². The highest BCUT2D eigenvalue weighted by Gasteiger charge is 2.18. The Morgan fingerprint density at radius 3 is 2.62 bits per heavy atom. The fourth-order valence-corrected chi connectivity index (χ4v) is 1.59. The van der Waals surface area contributed by atoms with Crippen LogP contribution in [-0.2, 0) is 4.43 Å². The van der Waals surface area contributed by atoms with E-state index in [1.807, 2.05) is 6.07 Å². The van der Waals surface area contributed by atoms with Gasteiger partial charge in [-0.05, 0) is 31.8 Å². The van der Waals surface area contributed by atoms with Crippen molar-refractivity contribution in [1.29, 1.82) is 5.41 Å². The molecule has 0 unspecified atom stereocenters. The Morgan fingerprint density at radius 1 is 1.46 bits per heavy atom.